The molecule has 0 aromatic heterocycles. The van der Waals surface area contributed by atoms with Gasteiger partial charge < -0.3 is 19.3 Å². The number of aliphatic hydroxyl groups is 1. The first-order valence-electron chi connectivity index (χ1n) is 4.43. The standard InChI is InChI=1S/C8H12O4/c9-5-3-11-8-6(5)4-1-2-10-7(4)12-8/h4-9H,1-3H2. The third kappa shape index (κ3) is 0.808. The number of aliphatic hydroxyl groups excluding tert-OH is 1. The molecule has 0 spiro atoms. The molecule has 4 nitrogen and oxygen atoms in total. The molecule has 3 rings (SSSR count). The molecule has 0 aromatic rings. The number of hydrogen-bond donors (Lipinski definition) is 1. The molecule has 68 valence electrons. The zero-order valence-electron chi connectivity index (χ0n) is 6.68. The third-order valence-electron chi connectivity index (χ3n) is 3.04. The van der Waals surface area contributed by atoms with Crippen LogP contribution in [0.1, 0.15) is 6.42 Å². The monoisotopic (exact) mass is 172 g/mol. The van der Waals surface area contributed by atoms with Crippen LogP contribution in [0.25, 0.3) is 0 Å². The Labute approximate surface area is 70.4 Å². The highest BCUT2D eigenvalue weighted by Gasteiger charge is 2.54. The molecule has 4 heteroatoms. The summed E-state index contributed by atoms with van der Waals surface area (Å²) < 4.78 is 16.1. The van der Waals surface area contributed by atoms with Crippen LogP contribution in [0.3, 0.4) is 0 Å². The van der Waals surface area contributed by atoms with Gasteiger partial charge in [0.15, 0.2) is 12.6 Å². The van der Waals surface area contributed by atoms with Gasteiger partial charge in [0.2, 0.25) is 0 Å². The van der Waals surface area contributed by atoms with Gasteiger partial charge in [-0.3, -0.25) is 0 Å². The van der Waals surface area contributed by atoms with Gasteiger partial charge in [0.25, 0.3) is 0 Å². The highest BCUT2D eigenvalue weighted by Crippen LogP contribution is 2.44. The van der Waals surface area contributed by atoms with Crippen molar-refractivity contribution in [1.29, 1.82) is 0 Å². The van der Waals surface area contributed by atoms with Gasteiger partial charge in [-0.2, -0.15) is 0 Å². The van der Waals surface area contributed by atoms with E-state index in [0.29, 0.717) is 12.5 Å². The van der Waals surface area contributed by atoms with E-state index in [1.165, 1.54) is 0 Å². The van der Waals surface area contributed by atoms with Crippen LogP contribution in [0.4, 0.5) is 0 Å². The Morgan fingerprint density at radius 2 is 2.08 bits per heavy atom. The molecule has 12 heavy (non-hydrogen) atoms. The Bertz CT molecular complexity index is 195. The highest BCUT2D eigenvalue weighted by molar-refractivity contribution is 4.93. The van der Waals surface area contributed by atoms with E-state index in [4.69, 9.17) is 14.2 Å². The summed E-state index contributed by atoms with van der Waals surface area (Å²) in [4.78, 5) is 0. The van der Waals surface area contributed by atoms with Gasteiger partial charge in [-0.05, 0) is 6.42 Å². The lowest BCUT2D eigenvalue weighted by atomic mass is 9.89. The Balaban J connectivity index is 1.85. The zero-order valence-corrected chi connectivity index (χ0v) is 6.68. The minimum absolute atomic E-state index is 0.116. The van der Waals surface area contributed by atoms with Crippen LogP contribution in [0, 0.1) is 11.8 Å². The lowest BCUT2D eigenvalue weighted by Crippen LogP contribution is -2.26. The number of ether oxygens (including phenoxy) is 3. The average Bonchev–Trinajstić information content (AvgIpc) is 2.61. The average molecular weight is 172 g/mol. The minimum Gasteiger partial charge on any atom is -0.390 e. The summed E-state index contributed by atoms with van der Waals surface area (Å²) in [5.41, 5.74) is 0. The molecule has 3 aliphatic rings. The van der Waals surface area contributed by atoms with Crippen LogP contribution in [-0.2, 0) is 14.2 Å². The molecule has 3 heterocycles. The van der Waals surface area contributed by atoms with Gasteiger partial charge in [-0.25, -0.2) is 0 Å². The molecule has 0 saturated carbocycles. The van der Waals surface area contributed by atoms with Crippen molar-refractivity contribution < 1.29 is 19.3 Å². The Hall–Kier alpha value is -0.160. The van der Waals surface area contributed by atoms with Crippen LogP contribution in [-0.4, -0.2) is 37.0 Å². The molecule has 0 aromatic carbocycles. The highest BCUT2D eigenvalue weighted by atomic mass is 16.8. The summed E-state index contributed by atoms with van der Waals surface area (Å²) in [6, 6.07) is 0. The van der Waals surface area contributed by atoms with Gasteiger partial charge in [0, 0.05) is 11.8 Å². The summed E-state index contributed by atoms with van der Waals surface area (Å²) in [6.45, 7) is 1.17. The molecule has 3 saturated heterocycles. The van der Waals surface area contributed by atoms with Crippen LogP contribution in [0.15, 0.2) is 0 Å². The first-order valence-corrected chi connectivity index (χ1v) is 4.43. The zero-order chi connectivity index (χ0) is 8.13. The van der Waals surface area contributed by atoms with Crippen molar-refractivity contribution in [3.63, 3.8) is 0 Å². The van der Waals surface area contributed by atoms with E-state index in [0.717, 1.165) is 13.0 Å². The van der Waals surface area contributed by atoms with E-state index >= 15 is 0 Å². The molecule has 0 amide bonds. The Kier molecular flexibility index (Phi) is 1.46. The van der Waals surface area contributed by atoms with Crippen molar-refractivity contribution in [3.05, 3.63) is 0 Å². The maximum absolute atomic E-state index is 9.59. The molecule has 0 bridgehead atoms. The molecule has 0 radical (unpaired) electrons. The van der Waals surface area contributed by atoms with Gasteiger partial charge in [-0.15, -0.1) is 0 Å². The normalized spacial score (nSPS) is 57.2. The second-order valence-electron chi connectivity index (χ2n) is 3.67. The smallest absolute Gasteiger partial charge is 0.166 e. The molecular weight excluding hydrogens is 160 g/mol. The van der Waals surface area contributed by atoms with Crippen LogP contribution in [0.5, 0.6) is 0 Å². The predicted molar refractivity (Wildman–Crippen MR) is 38.2 cm³/mol. The molecule has 3 aliphatic heterocycles. The fraction of sp³-hybridized carbons (Fsp3) is 1.00. The topological polar surface area (TPSA) is 47.9 Å². The van der Waals surface area contributed by atoms with E-state index in [2.05, 4.69) is 0 Å². The SMILES string of the molecule is OC1COC2OC3OCCC3C12. The molecule has 1 N–H and O–H groups in total. The second-order valence-corrected chi connectivity index (χ2v) is 3.67. The summed E-state index contributed by atoms with van der Waals surface area (Å²) in [6.07, 6.45) is 0.309. The van der Waals surface area contributed by atoms with Crippen molar-refractivity contribution >= 4 is 0 Å². The van der Waals surface area contributed by atoms with E-state index in [1.807, 2.05) is 0 Å². The number of hydrogen-bond acceptors (Lipinski definition) is 4. The quantitative estimate of drug-likeness (QED) is 0.545. The summed E-state index contributed by atoms with van der Waals surface area (Å²) in [5.74, 6) is 0.505. The Morgan fingerprint density at radius 1 is 1.17 bits per heavy atom. The molecule has 5 unspecified atom stereocenters. The Morgan fingerprint density at radius 3 is 3.00 bits per heavy atom. The first kappa shape index (κ1) is 7.26. The van der Waals surface area contributed by atoms with Gasteiger partial charge in [-0.1, -0.05) is 0 Å². The minimum atomic E-state index is -0.355. The van der Waals surface area contributed by atoms with Gasteiger partial charge in [0.05, 0.1) is 19.3 Å². The van der Waals surface area contributed by atoms with Crippen molar-refractivity contribution in [3.8, 4) is 0 Å². The van der Waals surface area contributed by atoms with Crippen LogP contribution in [0.2, 0.25) is 0 Å². The summed E-state index contributed by atoms with van der Waals surface area (Å²) in [7, 11) is 0. The summed E-state index contributed by atoms with van der Waals surface area (Å²) in [5, 5.41) is 9.59. The van der Waals surface area contributed by atoms with Crippen molar-refractivity contribution in [2.75, 3.05) is 13.2 Å². The molecule has 3 fully saturated rings. The first-order chi connectivity index (χ1) is 5.86. The van der Waals surface area contributed by atoms with Crippen LogP contribution >= 0.6 is 0 Å². The third-order valence-corrected chi connectivity index (χ3v) is 3.04. The van der Waals surface area contributed by atoms with Gasteiger partial charge in [0.1, 0.15) is 0 Å². The predicted octanol–water partition coefficient (Wildman–Crippen LogP) is -0.287. The fourth-order valence-electron chi connectivity index (χ4n) is 2.44. The maximum Gasteiger partial charge on any atom is 0.166 e. The largest absolute Gasteiger partial charge is 0.390 e. The van der Waals surface area contributed by atoms with Crippen LogP contribution < -0.4 is 0 Å². The molecule has 5 atom stereocenters. The number of fused-ring (bicyclic) bond motifs is 3. The van der Waals surface area contributed by atoms with Crippen molar-refractivity contribution in [2.24, 2.45) is 11.8 Å². The van der Waals surface area contributed by atoms with E-state index in [-0.39, 0.29) is 24.6 Å². The van der Waals surface area contributed by atoms with Crippen molar-refractivity contribution in [1.82, 2.24) is 0 Å². The second kappa shape index (κ2) is 2.42. The van der Waals surface area contributed by atoms with E-state index < -0.39 is 0 Å². The summed E-state index contributed by atoms with van der Waals surface area (Å²) >= 11 is 0. The number of rotatable bonds is 0. The van der Waals surface area contributed by atoms with E-state index in [9.17, 15) is 5.11 Å². The fourth-order valence-corrected chi connectivity index (χ4v) is 2.44. The van der Waals surface area contributed by atoms with Crippen molar-refractivity contribution in [2.45, 2.75) is 25.1 Å². The molecular formula is C8H12O4. The van der Waals surface area contributed by atoms with E-state index in [1.54, 1.807) is 0 Å². The van der Waals surface area contributed by atoms with Gasteiger partial charge >= 0.3 is 0 Å². The lowest BCUT2D eigenvalue weighted by Gasteiger charge is -2.14. The molecule has 0 aliphatic carbocycles. The lowest BCUT2D eigenvalue weighted by molar-refractivity contribution is -0.188. The maximum atomic E-state index is 9.59.